The Kier molecular flexibility index (Phi) is 11.3. The van der Waals surface area contributed by atoms with Gasteiger partial charge in [-0.25, -0.2) is 0 Å². The fourth-order valence-electron chi connectivity index (χ4n) is 15.6. The van der Waals surface area contributed by atoms with Crippen LogP contribution in [-0.2, 0) is 21.7 Å². The lowest BCUT2D eigenvalue weighted by Gasteiger charge is -2.35. The molecule has 0 heterocycles. The van der Waals surface area contributed by atoms with E-state index in [1.807, 2.05) is 0 Å². The minimum Gasteiger partial charge on any atom is -0.309 e. The van der Waals surface area contributed by atoms with Crippen LogP contribution in [0.15, 0.2) is 243 Å². The monoisotopic (exact) mass is 1040 g/mol. The predicted molar refractivity (Wildman–Crippen MR) is 341 cm³/mol. The number of nitrogens with zero attached hydrogens (tertiary/aromatic N) is 1. The van der Waals surface area contributed by atoms with Gasteiger partial charge in [0.25, 0.3) is 0 Å². The van der Waals surface area contributed by atoms with Gasteiger partial charge in [-0.15, -0.1) is 0 Å². The number of anilines is 3. The van der Waals surface area contributed by atoms with E-state index in [1.54, 1.807) is 0 Å². The Labute approximate surface area is 479 Å². The molecule has 0 aliphatic heterocycles. The van der Waals surface area contributed by atoms with Gasteiger partial charge in [0.2, 0.25) is 0 Å². The van der Waals surface area contributed by atoms with E-state index in [0.717, 1.165) is 17.1 Å². The fraction of sp³-hybridized carbons (Fsp3) is 0.200. The third kappa shape index (κ3) is 7.30. The molecule has 0 atom stereocenters. The van der Waals surface area contributed by atoms with Crippen molar-refractivity contribution in [1.82, 2.24) is 0 Å². The summed E-state index contributed by atoms with van der Waals surface area (Å²) in [5.41, 5.74) is 27.3. The van der Waals surface area contributed by atoms with E-state index in [4.69, 9.17) is 0 Å². The molecule has 1 nitrogen and oxygen atoms in total. The van der Waals surface area contributed by atoms with Gasteiger partial charge < -0.3 is 4.90 Å². The highest BCUT2D eigenvalue weighted by atomic mass is 15.1. The Balaban J connectivity index is 1.06. The molecule has 0 bridgehead atoms. The van der Waals surface area contributed by atoms with Crippen LogP contribution in [-0.4, -0.2) is 0 Å². The third-order valence-electron chi connectivity index (χ3n) is 19.3. The van der Waals surface area contributed by atoms with Crippen molar-refractivity contribution in [1.29, 1.82) is 0 Å². The Bertz CT molecular complexity index is 4180. The minimum absolute atomic E-state index is 0.0535. The molecule has 0 aromatic heterocycles. The van der Waals surface area contributed by atoms with Crippen molar-refractivity contribution < 1.29 is 0 Å². The van der Waals surface area contributed by atoms with Crippen molar-refractivity contribution in [2.45, 2.75) is 101 Å². The number of fused-ring (bicyclic) bond motifs is 14. The average molecular weight is 1040 g/mol. The second-order valence-corrected chi connectivity index (χ2v) is 25.7. The van der Waals surface area contributed by atoms with E-state index in [0.29, 0.717) is 5.92 Å². The van der Waals surface area contributed by atoms with Gasteiger partial charge in [-0.1, -0.05) is 279 Å². The average Bonchev–Trinajstić information content (AvgIpc) is 2.19. The maximum absolute atomic E-state index is 2.67. The molecule has 4 aliphatic rings. The maximum atomic E-state index is 2.67. The van der Waals surface area contributed by atoms with Crippen molar-refractivity contribution >= 4 is 27.8 Å². The zero-order valence-corrected chi connectivity index (χ0v) is 47.7. The van der Waals surface area contributed by atoms with Gasteiger partial charge in [0.1, 0.15) is 0 Å². The standard InChI is InChI=1S/C80H69N/c1-77(2,3)56-43-46-61-62-47-44-57(78(4,5)6)50-71(62)80(70(61)49-56)67-38-19-16-33-60(67)63-48-45-58(51-72(63)80)81(73-41-21-18-34-64(73)65-37-23-28-53-27-22-36-59(75(53)65)52-25-10-7-11-26-52)74-42-24-40-69-76(74)66-35-17-20-39-68(66)79(69,54-29-12-8-13-30-54)55-31-14-9-15-32-55/h8-9,12-24,27-52H,7,10-11,25-26H2,1-6H3. The number of hydrogen-bond donors (Lipinski definition) is 0. The van der Waals surface area contributed by atoms with Crippen molar-refractivity contribution in [2.75, 3.05) is 4.90 Å². The molecule has 1 heteroatoms. The van der Waals surface area contributed by atoms with E-state index in [-0.39, 0.29) is 10.8 Å². The molecule has 4 aliphatic carbocycles. The Morgan fingerprint density at radius 1 is 0.346 bits per heavy atom. The van der Waals surface area contributed by atoms with Crippen molar-refractivity contribution in [3.63, 3.8) is 0 Å². The minimum atomic E-state index is -0.578. The SMILES string of the molecule is CC(C)(C)c1ccc2c(c1)C1(c3ccccc3-c3ccc(N(c4ccccc4-c4cccc5cccc(C6CCCCC6)c45)c4cccc5c4-c4ccccc4C5(c4ccccc4)c4ccccc4)cc31)c1cc(C(C)(C)C)ccc1-2. The van der Waals surface area contributed by atoms with Gasteiger partial charge in [0.05, 0.1) is 22.2 Å². The summed E-state index contributed by atoms with van der Waals surface area (Å²) in [5.74, 6) is 0.536. The van der Waals surface area contributed by atoms with Gasteiger partial charge in [-0.05, 0) is 159 Å². The molecular weight excluding hydrogens is 975 g/mol. The predicted octanol–water partition coefficient (Wildman–Crippen LogP) is 21.3. The number of para-hydroxylation sites is 1. The van der Waals surface area contributed by atoms with Crippen LogP contribution >= 0.6 is 0 Å². The van der Waals surface area contributed by atoms with Crippen LogP contribution < -0.4 is 4.90 Å². The van der Waals surface area contributed by atoms with Crippen LogP contribution in [0.25, 0.3) is 55.3 Å². The van der Waals surface area contributed by atoms with E-state index < -0.39 is 10.8 Å². The molecule has 0 radical (unpaired) electrons. The first-order valence-corrected chi connectivity index (χ1v) is 29.8. The molecule has 0 amide bonds. The van der Waals surface area contributed by atoms with E-state index in [1.165, 1.54) is 149 Å². The number of hydrogen-bond acceptors (Lipinski definition) is 1. The van der Waals surface area contributed by atoms with Gasteiger partial charge in [-0.2, -0.15) is 0 Å². The molecule has 394 valence electrons. The summed E-state index contributed by atoms with van der Waals surface area (Å²) in [6.45, 7) is 14.2. The lowest BCUT2D eigenvalue weighted by molar-refractivity contribution is 0.445. The molecule has 81 heavy (non-hydrogen) atoms. The van der Waals surface area contributed by atoms with Crippen molar-refractivity contribution in [3.05, 3.63) is 304 Å². The van der Waals surface area contributed by atoms with Crippen LogP contribution in [0.4, 0.5) is 17.1 Å². The number of rotatable bonds is 7. The highest BCUT2D eigenvalue weighted by Crippen LogP contribution is 2.65. The molecule has 0 N–H and O–H groups in total. The van der Waals surface area contributed by atoms with E-state index in [9.17, 15) is 0 Å². The summed E-state index contributed by atoms with van der Waals surface area (Å²) in [6.07, 6.45) is 6.37. The summed E-state index contributed by atoms with van der Waals surface area (Å²) >= 11 is 0. The molecule has 1 spiro atoms. The normalized spacial score (nSPS) is 15.4. The first-order chi connectivity index (χ1) is 39.5. The maximum Gasteiger partial charge on any atom is 0.0726 e. The summed E-state index contributed by atoms with van der Waals surface area (Å²) in [7, 11) is 0. The smallest absolute Gasteiger partial charge is 0.0726 e. The van der Waals surface area contributed by atoms with Gasteiger partial charge in [0, 0.05) is 16.8 Å². The lowest BCUT2D eigenvalue weighted by Crippen LogP contribution is -2.28. The molecular formula is C80H69N. The molecule has 0 saturated heterocycles. The first kappa shape index (κ1) is 49.5. The van der Waals surface area contributed by atoms with Crippen LogP contribution in [0.3, 0.4) is 0 Å². The number of benzene rings is 11. The van der Waals surface area contributed by atoms with E-state index >= 15 is 0 Å². The summed E-state index contributed by atoms with van der Waals surface area (Å²) in [6, 6.07) is 94.1. The molecule has 0 unspecified atom stereocenters. The van der Waals surface area contributed by atoms with Crippen LogP contribution in [0, 0.1) is 0 Å². The highest BCUT2D eigenvalue weighted by Gasteiger charge is 2.53. The Morgan fingerprint density at radius 2 is 0.815 bits per heavy atom. The Hall–Kier alpha value is -8.52. The highest BCUT2D eigenvalue weighted by molar-refractivity contribution is 6.06. The van der Waals surface area contributed by atoms with Gasteiger partial charge in [-0.3, -0.25) is 0 Å². The third-order valence-corrected chi connectivity index (χ3v) is 19.3. The molecule has 11 aromatic carbocycles. The lowest BCUT2D eigenvalue weighted by atomic mass is 9.67. The molecule has 1 saturated carbocycles. The molecule has 1 fully saturated rings. The summed E-state index contributed by atoms with van der Waals surface area (Å²) in [4.78, 5) is 2.67. The van der Waals surface area contributed by atoms with Crippen molar-refractivity contribution in [3.8, 4) is 44.5 Å². The van der Waals surface area contributed by atoms with Crippen LogP contribution in [0.5, 0.6) is 0 Å². The van der Waals surface area contributed by atoms with Gasteiger partial charge in [0.15, 0.2) is 0 Å². The van der Waals surface area contributed by atoms with Crippen LogP contribution in [0.2, 0.25) is 0 Å². The second kappa shape index (κ2) is 18.5. The van der Waals surface area contributed by atoms with Crippen LogP contribution in [0.1, 0.15) is 141 Å². The van der Waals surface area contributed by atoms with Gasteiger partial charge >= 0.3 is 0 Å². The summed E-state index contributed by atoms with van der Waals surface area (Å²) < 4.78 is 0. The molecule has 11 aromatic rings. The summed E-state index contributed by atoms with van der Waals surface area (Å²) in [5, 5.41) is 2.70. The second-order valence-electron chi connectivity index (χ2n) is 25.7. The quantitative estimate of drug-likeness (QED) is 0.154. The van der Waals surface area contributed by atoms with Crippen molar-refractivity contribution in [2.24, 2.45) is 0 Å². The zero-order chi connectivity index (χ0) is 54.8. The fourth-order valence-corrected chi connectivity index (χ4v) is 15.6. The topological polar surface area (TPSA) is 3.24 Å². The van der Waals surface area contributed by atoms with E-state index in [2.05, 4.69) is 289 Å². The molecule has 15 rings (SSSR count). The zero-order valence-electron chi connectivity index (χ0n) is 47.7. The Morgan fingerprint density at radius 3 is 1.44 bits per heavy atom. The first-order valence-electron chi connectivity index (χ1n) is 29.8. The largest absolute Gasteiger partial charge is 0.309 e.